The van der Waals surface area contributed by atoms with Gasteiger partial charge in [-0.05, 0) is 49.7 Å². The first-order valence-electron chi connectivity index (χ1n) is 8.19. The Morgan fingerprint density at radius 2 is 1.96 bits per heavy atom. The van der Waals surface area contributed by atoms with Gasteiger partial charge in [0, 0.05) is 17.5 Å². The van der Waals surface area contributed by atoms with Crippen LogP contribution < -0.4 is 4.74 Å². The lowest BCUT2D eigenvalue weighted by Crippen LogP contribution is -1.97. The summed E-state index contributed by atoms with van der Waals surface area (Å²) in [5, 5.41) is 4.04. The van der Waals surface area contributed by atoms with Gasteiger partial charge >= 0.3 is 0 Å². The van der Waals surface area contributed by atoms with Crippen LogP contribution in [0.1, 0.15) is 22.6 Å². The van der Waals surface area contributed by atoms with E-state index in [1.807, 2.05) is 50.2 Å². The van der Waals surface area contributed by atoms with Gasteiger partial charge in [0.2, 0.25) is 0 Å². The van der Waals surface area contributed by atoms with Gasteiger partial charge in [-0.2, -0.15) is 0 Å². The molecule has 0 atom stereocenters. The van der Waals surface area contributed by atoms with Crippen LogP contribution in [0.2, 0.25) is 0 Å². The van der Waals surface area contributed by atoms with E-state index in [0.717, 1.165) is 50.8 Å². The highest BCUT2D eigenvalue weighted by molar-refractivity contribution is 5.79. The van der Waals surface area contributed by atoms with Gasteiger partial charge in [-0.25, -0.2) is 4.98 Å². The van der Waals surface area contributed by atoms with Crippen LogP contribution in [0.25, 0.3) is 22.4 Å². The number of hydrogen-bond acceptors (Lipinski definition) is 4. The minimum absolute atomic E-state index is 0.707. The highest BCUT2D eigenvalue weighted by atomic mass is 16.5. The van der Waals surface area contributed by atoms with Crippen molar-refractivity contribution in [3.63, 3.8) is 0 Å². The number of aromatic nitrogens is 3. The van der Waals surface area contributed by atoms with Gasteiger partial charge in [-0.3, -0.25) is 0 Å². The number of methoxy groups -OCH3 is 1. The van der Waals surface area contributed by atoms with Gasteiger partial charge in [0.25, 0.3) is 0 Å². The molecule has 0 aliphatic carbocycles. The van der Waals surface area contributed by atoms with Gasteiger partial charge in [-0.15, -0.1) is 0 Å². The summed E-state index contributed by atoms with van der Waals surface area (Å²) in [5.41, 5.74) is 6.10. The monoisotopic (exact) mass is 333 g/mol. The summed E-state index contributed by atoms with van der Waals surface area (Å²) < 4.78 is 10.8. The van der Waals surface area contributed by atoms with Crippen LogP contribution in [0.4, 0.5) is 0 Å². The van der Waals surface area contributed by atoms with Crippen molar-refractivity contribution in [3.8, 4) is 17.1 Å². The maximum atomic E-state index is 5.54. The Balaban J connectivity index is 1.77. The van der Waals surface area contributed by atoms with E-state index in [1.54, 1.807) is 7.11 Å². The maximum absolute atomic E-state index is 5.54. The summed E-state index contributed by atoms with van der Waals surface area (Å²) >= 11 is 0. The first kappa shape index (κ1) is 15.4. The molecule has 0 amide bonds. The Hall–Kier alpha value is -3.08. The molecule has 0 aliphatic heterocycles. The molecular formula is C20H19N3O2. The molecule has 2 heterocycles. The van der Waals surface area contributed by atoms with Crippen molar-refractivity contribution >= 4 is 11.0 Å². The van der Waals surface area contributed by atoms with Crippen molar-refractivity contribution < 1.29 is 9.26 Å². The quantitative estimate of drug-likeness (QED) is 0.600. The predicted molar refractivity (Wildman–Crippen MR) is 96.9 cm³/mol. The van der Waals surface area contributed by atoms with E-state index in [0.29, 0.717) is 6.42 Å². The molecule has 126 valence electrons. The van der Waals surface area contributed by atoms with E-state index < -0.39 is 0 Å². The standard InChI is InChI=1S/C20H19N3O2/c1-12-16(13(2)25-23-12)11-15-10-14(8-9-19(15)24-3)20-21-17-6-4-5-7-18(17)22-20/h4-10H,11H2,1-3H3,(H,21,22). The first-order chi connectivity index (χ1) is 12.2. The predicted octanol–water partition coefficient (Wildman–Crippen LogP) is 4.43. The number of hydrogen-bond donors (Lipinski definition) is 1. The number of para-hydroxylation sites is 2. The number of rotatable bonds is 4. The molecule has 0 spiro atoms. The van der Waals surface area contributed by atoms with Crippen molar-refractivity contribution in [2.24, 2.45) is 0 Å². The van der Waals surface area contributed by atoms with Gasteiger partial charge in [-0.1, -0.05) is 17.3 Å². The van der Waals surface area contributed by atoms with E-state index in [1.165, 1.54) is 0 Å². The molecule has 4 aromatic rings. The highest BCUT2D eigenvalue weighted by Crippen LogP contribution is 2.29. The summed E-state index contributed by atoms with van der Waals surface area (Å²) in [6.07, 6.45) is 0.707. The normalized spacial score (nSPS) is 11.2. The van der Waals surface area contributed by atoms with Crippen molar-refractivity contribution in [3.05, 3.63) is 65.0 Å². The van der Waals surface area contributed by atoms with Gasteiger partial charge in [0.15, 0.2) is 0 Å². The lowest BCUT2D eigenvalue weighted by molar-refractivity contribution is 0.392. The minimum Gasteiger partial charge on any atom is -0.496 e. The zero-order valence-corrected chi connectivity index (χ0v) is 14.5. The Kier molecular flexibility index (Phi) is 3.76. The fourth-order valence-corrected chi connectivity index (χ4v) is 3.10. The fraction of sp³-hybridized carbons (Fsp3) is 0.200. The van der Waals surface area contributed by atoms with Crippen LogP contribution in [0.15, 0.2) is 47.0 Å². The number of ether oxygens (including phenoxy) is 1. The Bertz CT molecular complexity index is 994. The van der Waals surface area contributed by atoms with E-state index in [9.17, 15) is 0 Å². The van der Waals surface area contributed by atoms with E-state index >= 15 is 0 Å². The number of imidazole rings is 1. The second-order valence-corrected chi connectivity index (χ2v) is 6.11. The lowest BCUT2D eigenvalue weighted by Gasteiger charge is -2.10. The van der Waals surface area contributed by atoms with Gasteiger partial charge < -0.3 is 14.2 Å². The number of benzene rings is 2. The largest absolute Gasteiger partial charge is 0.496 e. The molecule has 0 bridgehead atoms. The van der Waals surface area contributed by atoms with Crippen LogP contribution in [-0.4, -0.2) is 22.2 Å². The molecule has 5 heteroatoms. The number of nitrogens with zero attached hydrogens (tertiary/aromatic N) is 2. The molecule has 2 aromatic carbocycles. The molecule has 2 aromatic heterocycles. The molecule has 0 fully saturated rings. The lowest BCUT2D eigenvalue weighted by atomic mass is 10.0. The number of aryl methyl sites for hydroxylation is 2. The van der Waals surface area contributed by atoms with Crippen LogP contribution in [0.3, 0.4) is 0 Å². The molecule has 0 radical (unpaired) electrons. The topological polar surface area (TPSA) is 63.9 Å². The van der Waals surface area contributed by atoms with Crippen LogP contribution in [-0.2, 0) is 6.42 Å². The number of H-pyrrole nitrogens is 1. The molecule has 0 saturated heterocycles. The number of aromatic amines is 1. The smallest absolute Gasteiger partial charge is 0.138 e. The molecular weight excluding hydrogens is 314 g/mol. The van der Waals surface area contributed by atoms with Crippen LogP contribution in [0, 0.1) is 13.8 Å². The third-order valence-corrected chi connectivity index (χ3v) is 4.49. The van der Waals surface area contributed by atoms with Crippen molar-refractivity contribution in [1.29, 1.82) is 0 Å². The van der Waals surface area contributed by atoms with E-state index in [2.05, 4.69) is 21.2 Å². The number of fused-ring (bicyclic) bond motifs is 1. The second kappa shape index (κ2) is 6.09. The average Bonchev–Trinajstić information content (AvgIpc) is 3.20. The summed E-state index contributed by atoms with van der Waals surface area (Å²) in [6, 6.07) is 14.1. The van der Waals surface area contributed by atoms with Gasteiger partial charge in [0.1, 0.15) is 17.3 Å². The molecule has 25 heavy (non-hydrogen) atoms. The fourth-order valence-electron chi connectivity index (χ4n) is 3.10. The van der Waals surface area contributed by atoms with Crippen molar-refractivity contribution in [2.75, 3.05) is 7.11 Å². The van der Waals surface area contributed by atoms with E-state index in [-0.39, 0.29) is 0 Å². The average molecular weight is 333 g/mol. The maximum Gasteiger partial charge on any atom is 0.138 e. The SMILES string of the molecule is COc1ccc(-c2nc3ccccc3[nH]2)cc1Cc1c(C)noc1C. The van der Waals surface area contributed by atoms with Crippen molar-refractivity contribution in [1.82, 2.24) is 15.1 Å². The zero-order chi connectivity index (χ0) is 17.4. The van der Waals surface area contributed by atoms with E-state index in [4.69, 9.17) is 9.26 Å². The van der Waals surface area contributed by atoms with Crippen LogP contribution in [0.5, 0.6) is 5.75 Å². The molecule has 0 aliphatic rings. The van der Waals surface area contributed by atoms with Crippen LogP contribution >= 0.6 is 0 Å². The third-order valence-electron chi connectivity index (χ3n) is 4.49. The summed E-state index contributed by atoms with van der Waals surface area (Å²) in [5.74, 6) is 2.54. The summed E-state index contributed by atoms with van der Waals surface area (Å²) in [7, 11) is 1.69. The highest BCUT2D eigenvalue weighted by Gasteiger charge is 2.14. The summed E-state index contributed by atoms with van der Waals surface area (Å²) in [6.45, 7) is 3.90. The molecule has 0 unspecified atom stereocenters. The molecule has 5 nitrogen and oxygen atoms in total. The zero-order valence-electron chi connectivity index (χ0n) is 14.5. The Morgan fingerprint density at radius 1 is 1.12 bits per heavy atom. The van der Waals surface area contributed by atoms with Crippen molar-refractivity contribution in [2.45, 2.75) is 20.3 Å². The molecule has 1 N–H and O–H groups in total. The second-order valence-electron chi connectivity index (χ2n) is 6.11. The minimum atomic E-state index is 0.707. The van der Waals surface area contributed by atoms with Gasteiger partial charge in [0.05, 0.1) is 23.8 Å². The third kappa shape index (κ3) is 2.78. The Morgan fingerprint density at radius 3 is 2.68 bits per heavy atom. The molecule has 4 rings (SSSR count). The molecule has 0 saturated carbocycles. The Labute approximate surface area is 145 Å². The summed E-state index contributed by atoms with van der Waals surface area (Å²) in [4.78, 5) is 8.06. The number of nitrogens with one attached hydrogen (secondary N) is 1. The first-order valence-corrected chi connectivity index (χ1v) is 8.19.